The summed E-state index contributed by atoms with van der Waals surface area (Å²) in [5.41, 5.74) is 4.76. The molecular formula is C22H20N6. The molecule has 1 aliphatic rings. The van der Waals surface area contributed by atoms with E-state index < -0.39 is 0 Å². The van der Waals surface area contributed by atoms with E-state index in [0.717, 1.165) is 47.7 Å². The summed E-state index contributed by atoms with van der Waals surface area (Å²) in [5.74, 6) is 1.57. The largest absolute Gasteiger partial charge is 0.365 e. The van der Waals surface area contributed by atoms with Crippen LogP contribution in [0.5, 0.6) is 0 Å². The summed E-state index contributed by atoms with van der Waals surface area (Å²) in [5, 5.41) is 4.45. The second-order valence-corrected chi connectivity index (χ2v) is 6.91. The quantitative estimate of drug-likeness (QED) is 0.594. The van der Waals surface area contributed by atoms with Gasteiger partial charge in [-0.3, -0.25) is 9.97 Å². The average molecular weight is 368 g/mol. The molecule has 0 aliphatic carbocycles. The second-order valence-electron chi connectivity index (χ2n) is 6.91. The van der Waals surface area contributed by atoms with Crippen molar-refractivity contribution < 1.29 is 0 Å². The summed E-state index contributed by atoms with van der Waals surface area (Å²) >= 11 is 0. The monoisotopic (exact) mass is 368 g/mol. The molecular weight excluding hydrogens is 348 g/mol. The Kier molecular flexibility index (Phi) is 4.29. The third-order valence-corrected chi connectivity index (χ3v) is 5.11. The van der Waals surface area contributed by atoms with Gasteiger partial charge in [-0.25, -0.2) is 4.98 Å². The second kappa shape index (κ2) is 7.23. The fourth-order valence-corrected chi connectivity index (χ4v) is 3.60. The summed E-state index contributed by atoms with van der Waals surface area (Å²) in [6, 6.07) is 14.6. The first-order valence-electron chi connectivity index (χ1n) is 9.43. The van der Waals surface area contributed by atoms with Crippen LogP contribution >= 0.6 is 0 Å². The lowest BCUT2D eigenvalue weighted by Gasteiger charge is -2.29. The molecule has 28 heavy (non-hydrogen) atoms. The summed E-state index contributed by atoms with van der Waals surface area (Å²) in [6.07, 6.45) is 8.19. The molecule has 3 aromatic heterocycles. The van der Waals surface area contributed by atoms with Gasteiger partial charge < -0.3 is 10.2 Å². The number of hydrogen-bond donors (Lipinski definition) is 1. The average Bonchev–Trinajstić information content (AvgIpc) is 2.77. The van der Waals surface area contributed by atoms with Gasteiger partial charge in [0, 0.05) is 43.6 Å². The maximum Gasteiger partial charge on any atom is 0.228 e. The summed E-state index contributed by atoms with van der Waals surface area (Å²) in [7, 11) is 0. The van der Waals surface area contributed by atoms with Gasteiger partial charge in [-0.15, -0.1) is 0 Å². The molecule has 6 heteroatoms. The van der Waals surface area contributed by atoms with Crippen LogP contribution in [0, 0.1) is 0 Å². The standard InChI is InChI=1S/C22H20N6/c1-2-4-18-15-28(12-8-17(18)3-1)22-26-20-14-24-11-7-19(20)21(27-22)25-13-16-5-9-23-10-6-16/h1-7,9-11,14H,8,12-13,15H2,(H,25,26,27). The van der Waals surface area contributed by atoms with Gasteiger partial charge in [0.15, 0.2) is 0 Å². The molecule has 1 aliphatic heterocycles. The van der Waals surface area contributed by atoms with E-state index in [1.54, 1.807) is 24.8 Å². The van der Waals surface area contributed by atoms with Gasteiger partial charge in [-0.1, -0.05) is 24.3 Å². The molecule has 0 spiro atoms. The molecule has 0 saturated carbocycles. The molecule has 0 atom stereocenters. The van der Waals surface area contributed by atoms with Crippen molar-refractivity contribution in [1.29, 1.82) is 0 Å². The molecule has 1 N–H and O–H groups in total. The molecule has 0 bridgehead atoms. The van der Waals surface area contributed by atoms with Crippen LogP contribution in [-0.2, 0) is 19.5 Å². The van der Waals surface area contributed by atoms with E-state index in [4.69, 9.17) is 9.97 Å². The minimum atomic E-state index is 0.680. The Morgan fingerprint density at radius 1 is 0.893 bits per heavy atom. The highest BCUT2D eigenvalue weighted by Crippen LogP contribution is 2.27. The molecule has 0 amide bonds. The molecule has 4 aromatic rings. The molecule has 4 heterocycles. The third kappa shape index (κ3) is 3.24. The lowest BCUT2D eigenvalue weighted by molar-refractivity contribution is 0.710. The SMILES string of the molecule is c1ccc2c(c1)CCN(c1nc(NCc3ccncc3)c3ccncc3n1)C2. The van der Waals surface area contributed by atoms with Crippen LogP contribution in [0.15, 0.2) is 67.3 Å². The first-order chi connectivity index (χ1) is 13.9. The Hall–Kier alpha value is -3.54. The smallest absolute Gasteiger partial charge is 0.228 e. The normalized spacial score (nSPS) is 13.4. The molecule has 0 unspecified atom stereocenters. The van der Waals surface area contributed by atoms with Gasteiger partial charge in [-0.2, -0.15) is 4.98 Å². The van der Waals surface area contributed by atoms with E-state index in [0.29, 0.717) is 6.54 Å². The Morgan fingerprint density at radius 3 is 2.61 bits per heavy atom. The van der Waals surface area contributed by atoms with E-state index in [-0.39, 0.29) is 0 Å². The van der Waals surface area contributed by atoms with E-state index >= 15 is 0 Å². The Bertz CT molecular complexity index is 1110. The zero-order valence-corrected chi connectivity index (χ0v) is 15.4. The summed E-state index contributed by atoms with van der Waals surface area (Å²) in [6.45, 7) is 2.41. The van der Waals surface area contributed by atoms with Gasteiger partial charge in [0.05, 0.1) is 11.7 Å². The van der Waals surface area contributed by atoms with Crippen LogP contribution in [0.3, 0.4) is 0 Å². The molecule has 138 valence electrons. The predicted octanol–water partition coefficient (Wildman–Crippen LogP) is 3.59. The summed E-state index contributed by atoms with van der Waals surface area (Å²) < 4.78 is 0. The lowest BCUT2D eigenvalue weighted by Crippen LogP contribution is -2.31. The Balaban J connectivity index is 1.48. The first-order valence-corrected chi connectivity index (χ1v) is 9.43. The van der Waals surface area contributed by atoms with Crippen molar-refractivity contribution in [3.8, 4) is 0 Å². The van der Waals surface area contributed by atoms with Crippen molar-refractivity contribution >= 4 is 22.7 Å². The fourth-order valence-electron chi connectivity index (χ4n) is 3.60. The van der Waals surface area contributed by atoms with Crippen LogP contribution < -0.4 is 10.2 Å². The highest BCUT2D eigenvalue weighted by Gasteiger charge is 2.19. The van der Waals surface area contributed by atoms with E-state index in [2.05, 4.69) is 44.5 Å². The van der Waals surface area contributed by atoms with Crippen molar-refractivity contribution in [2.75, 3.05) is 16.8 Å². The van der Waals surface area contributed by atoms with Gasteiger partial charge >= 0.3 is 0 Å². The van der Waals surface area contributed by atoms with Gasteiger partial charge in [0.25, 0.3) is 0 Å². The van der Waals surface area contributed by atoms with Gasteiger partial charge in [0.2, 0.25) is 5.95 Å². The third-order valence-electron chi connectivity index (χ3n) is 5.11. The molecule has 6 nitrogen and oxygen atoms in total. The van der Waals surface area contributed by atoms with Crippen LogP contribution in [0.2, 0.25) is 0 Å². The van der Waals surface area contributed by atoms with Crippen LogP contribution in [0.1, 0.15) is 16.7 Å². The number of nitrogens with zero attached hydrogens (tertiary/aromatic N) is 5. The fraction of sp³-hybridized carbons (Fsp3) is 0.182. The van der Waals surface area contributed by atoms with Gasteiger partial charge in [-0.05, 0) is 41.3 Å². The van der Waals surface area contributed by atoms with E-state index in [1.807, 2.05) is 18.2 Å². The summed E-state index contributed by atoms with van der Waals surface area (Å²) in [4.78, 5) is 20.2. The first kappa shape index (κ1) is 16.6. The maximum atomic E-state index is 4.87. The molecule has 0 radical (unpaired) electrons. The van der Waals surface area contributed by atoms with Crippen molar-refractivity contribution in [3.05, 3.63) is 83.9 Å². The highest BCUT2D eigenvalue weighted by molar-refractivity contribution is 5.89. The van der Waals surface area contributed by atoms with Crippen molar-refractivity contribution in [3.63, 3.8) is 0 Å². The van der Waals surface area contributed by atoms with Crippen molar-refractivity contribution in [2.45, 2.75) is 19.5 Å². The number of hydrogen-bond acceptors (Lipinski definition) is 6. The van der Waals surface area contributed by atoms with Crippen molar-refractivity contribution in [2.24, 2.45) is 0 Å². The molecule has 0 saturated heterocycles. The topological polar surface area (TPSA) is 66.8 Å². The Morgan fingerprint density at radius 2 is 1.71 bits per heavy atom. The minimum absolute atomic E-state index is 0.680. The Labute approximate surface area is 163 Å². The number of fused-ring (bicyclic) bond motifs is 2. The molecule has 1 aromatic carbocycles. The number of pyridine rings is 2. The predicted molar refractivity (Wildman–Crippen MR) is 110 cm³/mol. The zero-order valence-electron chi connectivity index (χ0n) is 15.4. The van der Waals surface area contributed by atoms with Crippen molar-refractivity contribution in [1.82, 2.24) is 19.9 Å². The zero-order chi connectivity index (χ0) is 18.8. The number of benzene rings is 1. The molecule has 0 fully saturated rings. The van der Waals surface area contributed by atoms with Gasteiger partial charge in [0.1, 0.15) is 5.82 Å². The maximum absolute atomic E-state index is 4.87. The minimum Gasteiger partial charge on any atom is -0.365 e. The highest BCUT2D eigenvalue weighted by atomic mass is 15.3. The number of nitrogens with one attached hydrogen (secondary N) is 1. The van der Waals surface area contributed by atoms with Crippen LogP contribution in [0.25, 0.3) is 10.9 Å². The van der Waals surface area contributed by atoms with E-state index in [1.165, 1.54) is 11.1 Å². The van der Waals surface area contributed by atoms with Crippen LogP contribution in [0.4, 0.5) is 11.8 Å². The number of aromatic nitrogens is 4. The molecule has 5 rings (SSSR count). The number of rotatable bonds is 4. The lowest BCUT2D eigenvalue weighted by atomic mass is 10.0. The van der Waals surface area contributed by atoms with Crippen LogP contribution in [-0.4, -0.2) is 26.5 Å². The number of anilines is 2. The van der Waals surface area contributed by atoms with E-state index in [9.17, 15) is 0 Å².